The van der Waals surface area contributed by atoms with Crippen molar-refractivity contribution < 1.29 is 0 Å². The number of piperazine rings is 1. The number of rotatable bonds is 1. The molecule has 17 heavy (non-hydrogen) atoms. The predicted octanol–water partition coefficient (Wildman–Crippen LogP) is 1.38. The van der Waals surface area contributed by atoms with Gasteiger partial charge >= 0.3 is 0 Å². The number of hydrogen-bond donors (Lipinski definition) is 1. The Bertz CT molecular complexity index is 244. The molecule has 0 amide bonds. The summed E-state index contributed by atoms with van der Waals surface area (Å²) in [5.74, 6) is 1.55. The Kier molecular flexibility index (Phi) is 4.11. The molecule has 0 aromatic carbocycles. The van der Waals surface area contributed by atoms with Crippen molar-refractivity contribution in [1.29, 1.82) is 0 Å². The van der Waals surface area contributed by atoms with E-state index in [-0.39, 0.29) is 0 Å². The summed E-state index contributed by atoms with van der Waals surface area (Å²) in [5, 5.41) is 0. The molecule has 3 nitrogen and oxygen atoms in total. The molecule has 100 valence electrons. The summed E-state index contributed by atoms with van der Waals surface area (Å²) in [4.78, 5) is 5.12. The van der Waals surface area contributed by atoms with E-state index < -0.39 is 0 Å². The van der Waals surface area contributed by atoms with Crippen molar-refractivity contribution in [3.05, 3.63) is 0 Å². The Morgan fingerprint density at radius 1 is 1.06 bits per heavy atom. The molecule has 5 unspecified atom stereocenters. The molecule has 3 heteroatoms. The monoisotopic (exact) mass is 239 g/mol. The normalized spacial score (nSPS) is 46.1. The fraction of sp³-hybridized carbons (Fsp3) is 1.00. The van der Waals surface area contributed by atoms with Crippen LogP contribution in [0.4, 0.5) is 0 Å². The number of hydrogen-bond acceptors (Lipinski definition) is 3. The molecule has 1 saturated heterocycles. The van der Waals surface area contributed by atoms with E-state index in [0.29, 0.717) is 18.1 Å². The number of likely N-dealkylation sites (N-methyl/N-ethyl adjacent to an activating group) is 1. The van der Waals surface area contributed by atoms with Gasteiger partial charge in [0.15, 0.2) is 0 Å². The van der Waals surface area contributed by atoms with Crippen LogP contribution in [0.15, 0.2) is 0 Å². The zero-order chi connectivity index (χ0) is 12.6. The summed E-state index contributed by atoms with van der Waals surface area (Å²) in [6.45, 7) is 10.7. The third-order valence-electron chi connectivity index (χ3n) is 4.74. The van der Waals surface area contributed by atoms with E-state index in [1.54, 1.807) is 0 Å². The van der Waals surface area contributed by atoms with E-state index >= 15 is 0 Å². The van der Waals surface area contributed by atoms with Gasteiger partial charge in [0.2, 0.25) is 0 Å². The van der Waals surface area contributed by atoms with Gasteiger partial charge in [-0.3, -0.25) is 4.90 Å². The maximum Gasteiger partial charge on any atom is 0.0276 e. The highest BCUT2D eigenvalue weighted by atomic mass is 15.3. The summed E-state index contributed by atoms with van der Waals surface area (Å²) < 4.78 is 0. The second-order valence-corrected chi connectivity index (χ2v) is 6.56. The van der Waals surface area contributed by atoms with Crippen molar-refractivity contribution in [2.75, 3.05) is 26.7 Å². The largest absolute Gasteiger partial charge is 0.326 e. The zero-order valence-electron chi connectivity index (χ0n) is 11.9. The highest BCUT2D eigenvalue weighted by Crippen LogP contribution is 2.33. The molecule has 0 bridgehead atoms. The van der Waals surface area contributed by atoms with Crippen LogP contribution < -0.4 is 5.73 Å². The average molecular weight is 239 g/mol. The molecule has 1 heterocycles. The van der Waals surface area contributed by atoms with Crippen molar-refractivity contribution in [2.45, 2.75) is 51.7 Å². The van der Waals surface area contributed by atoms with E-state index in [1.807, 2.05) is 0 Å². The SMILES string of the molecule is CC1CC(C)C(N2CCN(C)CC2C)C(N)C1. The molecular weight excluding hydrogens is 210 g/mol. The van der Waals surface area contributed by atoms with Crippen molar-refractivity contribution in [2.24, 2.45) is 17.6 Å². The summed E-state index contributed by atoms with van der Waals surface area (Å²) in [6, 6.07) is 1.63. The van der Waals surface area contributed by atoms with Crippen LogP contribution in [-0.2, 0) is 0 Å². The molecule has 1 aliphatic carbocycles. The van der Waals surface area contributed by atoms with Crippen molar-refractivity contribution in [3.8, 4) is 0 Å². The fourth-order valence-electron chi connectivity index (χ4n) is 4.07. The Labute approximate surface area is 106 Å². The Balaban J connectivity index is 2.05. The van der Waals surface area contributed by atoms with E-state index in [9.17, 15) is 0 Å². The number of nitrogens with two attached hydrogens (primary N) is 1. The van der Waals surface area contributed by atoms with Crippen LogP contribution in [0.5, 0.6) is 0 Å². The third-order valence-corrected chi connectivity index (χ3v) is 4.74. The molecule has 2 aliphatic rings. The molecule has 2 fully saturated rings. The summed E-state index contributed by atoms with van der Waals surface area (Å²) >= 11 is 0. The van der Waals surface area contributed by atoms with Gasteiger partial charge in [0.25, 0.3) is 0 Å². The quantitative estimate of drug-likeness (QED) is 0.750. The molecule has 2 N–H and O–H groups in total. The van der Waals surface area contributed by atoms with Gasteiger partial charge in [0, 0.05) is 37.8 Å². The second-order valence-electron chi connectivity index (χ2n) is 6.56. The Hall–Kier alpha value is -0.120. The van der Waals surface area contributed by atoms with Crippen molar-refractivity contribution >= 4 is 0 Å². The minimum atomic E-state index is 0.375. The van der Waals surface area contributed by atoms with Crippen LogP contribution in [0, 0.1) is 11.8 Å². The number of nitrogens with zero attached hydrogens (tertiary/aromatic N) is 2. The lowest BCUT2D eigenvalue weighted by Gasteiger charge is -2.50. The van der Waals surface area contributed by atoms with Gasteiger partial charge in [-0.2, -0.15) is 0 Å². The van der Waals surface area contributed by atoms with Crippen LogP contribution in [0.2, 0.25) is 0 Å². The van der Waals surface area contributed by atoms with E-state index in [2.05, 4.69) is 37.6 Å². The van der Waals surface area contributed by atoms with Gasteiger partial charge in [-0.25, -0.2) is 0 Å². The first-order chi connectivity index (χ1) is 7.99. The van der Waals surface area contributed by atoms with Gasteiger partial charge in [0.05, 0.1) is 0 Å². The topological polar surface area (TPSA) is 32.5 Å². The molecule has 0 aromatic heterocycles. The first-order valence-electron chi connectivity index (χ1n) is 7.19. The standard InChI is InChI=1S/C14H29N3/c1-10-7-11(2)14(13(15)8-10)17-6-5-16(4)9-12(17)3/h10-14H,5-9,15H2,1-4H3. The van der Waals surface area contributed by atoms with E-state index in [4.69, 9.17) is 5.73 Å². The molecule has 5 atom stereocenters. The molecule has 1 aliphatic heterocycles. The van der Waals surface area contributed by atoms with E-state index in [0.717, 1.165) is 11.8 Å². The van der Waals surface area contributed by atoms with Crippen molar-refractivity contribution in [3.63, 3.8) is 0 Å². The Morgan fingerprint density at radius 3 is 2.35 bits per heavy atom. The lowest BCUT2D eigenvalue weighted by Crippen LogP contribution is -2.62. The summed E-state index contributed by atoms with van der Waals surface area (Å²) in [6.07, 6.45) is 2.55. The highest BCUT2D eigenvalue weighted by Gasteiger charge is 2.38. The first kappa shape index (κ1) is 13.3. The van der Waals surface area contributed by atoms with Gasteiger partial charge in [-0.05, 0) is 38.6 Å². The van der Waals surface area contributed by atoms with Crippen LogP contribution in [-0.4, -0.2) is 54.6 Å². The molecule has 2 rings (SSSR count). The minimum absolute atomic E-state index is 0.375. The fourth-order valence-corrected chi connectivity index (χ4v) is 4.07. The summed E-state index contributed by atoms with van der Waals surface area (Å²) in [5.41, 5.74) is 6.43. The lowest BCUT2D eigenvalue weighted by molar-refractivity contribution is 0.00500. The van der Waals surface area contributed by atoms with Crippen LogP contribution in [0.1, 0.15) is 33.6 Å². The summed E-state index contributed by atoms with van der Waals surface area (Å²) in [7, 11) is 2.22. The molecule has 0 spiro atoms. The smallest absolute Gasteiger partial charge is 0.0276 e. The van der Waals surface area contributed by atoms with Crippen molar-refractivity contribution in [1.82, 2.24) is 9.80 Å². The molecule has 0 aromatic rings. The molecule has 0 radical (unpaired) electrons. The van der Waals surface area contributed by atoms with Crippen LogP contribution in [0.3, 0.4) is 0 Å². The zero-order valence-corrected chi connectivity index (χ0v) is 11.9. The van der Waals surface area contributed by atoms with Gasteiger partial charge < -0.3 is 10.6 Å². The van der Waals surface area contributed by atoms with Gasteiger partial charge in [-0.15, -0.1) is 0 Å². The lowest BCUT2D eigenvalue weighted by atomic mass is 9.75. The van der Waals surface area contributed by atoms with Gasteiger partial charge in [0.1, 0.15) is 0 Å². The second kappa shape index (κ2) is 5.25. The molecular formula is C14H29N3. The van der Waals surface area contributed by atoms with Gasteiger partial charge in [-0.1, -0.05) is 13.8 Å². The van der Waals surface area contributed by atoms with E-state index in [1.165, 1.54) is 32.5 Å². The Morgan fingerprint density at radius 2 is 1.76 bits per heavy atom. The van der Waals surface area contributed by atoms with Crippen LogP contribution >= 0.6 is 0 Å². The average Bonchev–Trinajstić information content (AvgIpc) is 2.19. The minimum Gasteiger partial charge on any atom is -0.326 e. The van der Waals surface area contributed by atoms with Crippen LogP contribution in [0.25, 0.3) is 0 Å². The maximum absolute atomic E-state index is 6.43. The third kappa shape index (κ3) is 2.83. The first-order valence-corrected chi connectivity index (χ1v) is 7.19. The highest BCUT2D eigenvalue weighted by molar-refractivity contribution is 4.95. The predicted molar refractivity (Wildman–Crippen MR) is 73.0 cm³/mol. The maximum atomic E-state index is 6.43. The molecule has 1 saturated carbocycles.